The number of H-pyrrole nitrogens is 1. The monoisotopic (exact) mass is 909 g/mol. The average Bonchev–Trinajstić information content (AvgIpc) is 4.03. The second-order valence-electron chi connectivity index (χ2n) is 18.5. The van der Waals surface area contributed by atoms with Gasteiger partial charge in [0.05, 0.1) is 41.5 Å². The first-order valence-corrected chi connectivity index (χ1v) is 22.8. The maximum Gasteiger partial charge on any atom is 0.262 e. The van der Waals surface area contributed by atoms with Gasteiger partial charge in [0.25, 0.3) is 17.7 Å². The van der Waals surface area contributed by atoms with Crippen molar-refractivity contribution >= 4 is 63.6 Å². The molecule has 5 aromatic rings. The number of imide groups is 2. The van der Waals surface area contributed by atoms with Crippen LogP contribution in [0.1, 0.15) is 53.4 Å². The summed E-state index contributed by atoms with van der Waals surface area (Å²) < 4.78 is 7.74. The molecule has 0 saturated carbocycles. The highest BCUT2D eigenvalue weighted by Gasteiger charge is 2.52. The Hall–Kier alpha value is -7.10. The number of aromatic nitrogens is 7. The summed E-state index contributed by atoms with van der Waals surface area (Å²) in [5.74, 6) is -0.702. The van der Waals surface area contributed by atoms with Crippen LogP contribution in [-0.2, 0) is 19.1 Å². The van der Waals surface area contributed by atoms with E-state index in [1.165, 1.54) is 0 Å². The van der Waals surface area contributed by atoms with Crippen LogP contribution in [0.5, 0.6) is 0 Å². The smallest absolute Gasteiger partial charge is 0.262 e. The van der Waals surface area contributed by atoms with E-state index in [9.17, 15) is 24.0 Å². The van der Waals surface area contributed by atoms with E-state index in [1.54, 1.807) is 16.8 Å². The largest absolute Gasteiger partial charge is 0.379 e. The molecule has 2 aromatic carbocycles. The van der Waals surface area contributed by atoms with Gasteiger partial charge in [-0.25, -0.2) is 9.67 Å². The number of ether oxygens (including phenoxy) is 1. The number of aromatic amines is 1. The number of amides is 5. The summed E-state index contributed by atoms with van der Waals surface area (Å²) >= 11 is 0. The molecule has 4 saturated heterocycles. The molecule has 11 rings (SSSR count). The number of likely N-dealkylation sites (tertiary alicyclic amines) is 1. The van der Waals surface area contributed by atoms with Crippen LogP contribution in [0.15, 0.2) is 66.0 Å². The van der Waals surface area contributed by atoms with Crippen molar-refractivity contribution in [1.82, 2.24) is 55.4 Å². The Kier molecular flexibility index (Phi) is 10.6. The number of piperazine rings is 1. The number of rotatable bonds is 12. The Bertz CT molecular complexity index is 2870. The van der Waals surface area contributed by atoms with Gasteiger partial charge in [0, 0.05) is 119 Å². The first-order valence-electron chi connectivity index (χ1n) is 22.8. The Morgan fingerprint density at radius 3 is 2.46 bits per heavy atom. The summed E-state index contributed by atoms with van der Waals surface area (Å²) in [6.45, 7) is 14.1. The molecule has 1 spiro atoms. The van der Waals surface area contributed by atoms with Gasteiger partial charge in [-0.1, -0.05) is 5.10 Å². The van der Waals surface area contributed by atoms with E-state index in [1.807, 2.05) is 62.3 Å². The Morgan fingerprint density at radius 2 is 1.67 bits per heavy atom. The van der Waals surface area contributed by atoms with Gasteiger partial charge in [0.2, 0.25) is 17.8 Å². The van der Waals surface area contributed by atoms with Crippen molar-refractivity contribution in [2.45, 2.75) is 38.8 Å². The number of piperidine rings is 1. The standard InChI is InChI=1S/C46H51N15O6/c1-27-39(28(2)61-45(55(27)3)52-53-54-61)42(64)48-30-4-7-35-34(21-30)40(51-50-35)29-10-11-47-37(20-29)58-14-12-56(13-15-58)16-18-67-19-17-57-23-46(24-57)25-59(26-46)31-5-6-32-33(22-31)44(66)60(43(32)65)36-8-9-38(62)49-41(36)63/h4-7,10-11,20-22,28,36H,8-9,12-19,23-26H2,1-3H3,(H,48,64)(H,50,51)(H,49,62,63). The van der Waals surface area contributed by atoms with Gasteiger partial charge in [0.1, 0.15) is 17.6 Å². The van der Waals surface area contributed by atoms with Crippen LogP contribution >= 0.6 is 0 Å². The third kappa shape index (κ3) is 7.55. The Labute approximate surface area is 385 Å². The highest BCUT2D eigenvalue weighted by Crippen LogP contribution is 2.43. The topological polar surface area (TPSA) is 223 Å². The van der Waals surface area contributed by atoms with Gasteiger partial charge in [0.15, 0.2) is 0 Å². The first kappa shape index (κ1) is 42.5. The highest BCUT2D eigenvalue weighted by molar-refractivity contribution is 6.23. The minimum atomic E-state index is -0.971. The number of carbonyl (C=O) groups is 5. The number of hydrogen-bond donors (Lipinski definition) is 3. The van der Waals surface area contributed by atoms with Gasteiger partial charge in [-0.05, 0) is 79.2 Å². The lowest BCUT2D eigenvalue weighted by molar-refractivity contribution is -0.136. The number of allylic oxidation sites excluding steroid dienone is 1. The summed E-state index contributed by atoms with van der Waals surface area (Å²) in [6, 6.07) is 13.8. The molecule has 4 fully saturated rings. The molecule has 0 bridgehead atoms. The number of nitrogens with zero attached hydrogens (tertiary/aromatic N) is 12. The lowest BCUT2D eigenvalue weighted by Crippen LogP contribution is -2.72. The molecule has 0 aliphatic carbocycles. The second-order valence-corrected chi connectivity index (χ2v) is 18.5. The number of benzene rings is 2. The average molecular weight is 910 g/mol. The van der Waals surface area contributed by atoms with Gasteiger partial charge in [-0.3, -0.25) is 49.1 Å². The predicted octanol–water partition coefficient (Wildman–Crippen LogP) is 1.90. The van der Waals surface area contributed by atoms with E-state index in [-0.39, 0.29) is 30.2 Å². The molecule has 9 heterocycles. The number of hydrogen-bond acceptors (Lipinski definition) is 16. The number of nitrogens with one attached hydrogen (secondary N) is 3. The molecule has 3 aromatic heterocycles. The minimum Gasteiger partial charge on any atom is -0.379 e. The maximum absolute atomic E-state index is 13.7. The third-order valence-electron chi connectivity index (χ3n) is 14.3. The SMILES string of the molecule is CC1=C(C(=O)Nc2ccc3[nH]nc(-c4ccnc(N5CCN(CCOCCN6CC7(C6)CN(c6ccc8c(c6)C(=O)N(C6CCC(=O)NC6=O)C8=O)C7)CC5)c4)c3c2)C(C)n2nnnc2N1C. The van der Waals surface area contributed by atoms with E-state index in [4.69, 9.17) is 9.72 Å². The Balaban J connectivity index is 0.612. The zero-order chi connectivity index (χ0) is 46.1. The molecule has 21 nitrogen and oxygen atoms in total. The zero-order valence-electron chi connectivity index (χ0n) is 37.6. The van der Waals surface area contributed by atoms with Gasteiger partial charge >= 0.3 is 0 Å². The van der Waals surface area contributed by atoms with Crippen molar-refractivity contribution in [2.24, 2.45) is 5.41 Å². The van der Waals surface area contributed by atoms with Crippen molar-refractivity contribution < 1.29 is 28.7 Å². The Morgan fingerprint density at radius 1 is 0.896 bits per heavy atom. The van der Waals surface area contributed by atoms with Crippen LogP contribution in [-0.4, -0.2) is 171 Å². The molecule has 3 N–H and O–H groups in total. The molecular formula is C46H51N15O6. The summed E-state index contributed by atoms with van der Waals surface area (Å²) in [7, 11) is 1.84. The molecule has 0 radical (unpaired) electrons. The van der Waals surface area contributed by atoms with Crippen LogP contribution in [0.25, 0.3) is 22.2 Å². The summed E-state index contributed by atoms with van der Waals surface area (Å²) in [6.07, 6.45) is 2.05. The number of pyridine rings is 1. The summed E-state index contributed by atoms with van der Waals surface area (Å²) in [5.41, 5.74) is 6.32. The highest BCUT2D eigenvalue weighted by atomic mass is 16.5. The van der Waals surface area contributed by atoms with Crippen LogP contribution in [0.4, 0.5) is 23.1 Å². The second kappa shape index (κ2) is 16.7. The predicted molar refractivity (Wildman–Crippen MR) is 245 cm³/mol. The molecule has 6 aliphatic rings. The van der Waals surface area contributed by atoms with Gasteiger partial charge < -0.3 is 24.8 Å². The van der Waals surface area contributed by atoms with E-state index in [0.717, 1.165) is 110 Å². The van der Waals surface area contributed by atoms with Crippen molar-refractivity contribution in [3.63, 3.8) is 0 Å². The lowest BCUT2D eigenvalue weighted by atomic mass is 9.72. The minimum absolute atomic E-state index is 0.0925. The fourth-order valence-corrected chi connectivity index (χ4v) is 10.6. The molecule has 2 unspecified atom stereocenters. The fourth-order valence-electron chi connectivity index (χ4n) is 10.6. The van der Waals surface area contributed by atoms with Crippen LogP contribution in [0.3, 0.4) is 0 Å². The van der Waals surface area contributed by atoms with Gasteiger partial charge in [-0.15, -0.1) is 0 Å². The maximum atomic E-state index is 13.7. The van der Waals surface area contributed by atoms with E-state index >= 15 is 0 Å². The van der Waals surface area contributed by atoms with E-state index in [0.29, 0.717) is 41.5 Å². The van der Waals surface area contributed by atoms with E-state index in [2.05, 4.69) is 62.0 Å². The van der Waals surface area contributed by atoms with Crippen molar-refractivity contribution in [3.05, 3.63) is 77.1 Å². The van der Waals surface area contributed by atoms with Crippen molar-refractivity contribution in [2.75, 3.05) is 106 Å². The quantitative estimate of drug-likeness (QED) is 0.120. The number of anilines is 4. The number of fused-ring (bicyclic) bond motifs is 3. The van der Waals surface area contributed by atoms with Crippen molar-refractivity contribution in [1.29, 1.82) is 0 Å². The molecule has 2 atom stereocenters. The van der Waals surface area contributed by atoms with Crippen LogP contribution < -0.4 is 25.3 Å². The normalized spacial score (nSPS) is 21.8. The van der Waals surface area contributed by atoms with E-state index < -0.39 is 29.7 Å². The zero-order valence-corrected chi connectivity index (χ0v) is 37.6. The molecular weight excluding hydrogens is 859 g/mol. The van der Waals surface area contributed by atoms with Gasteiger partial charge in [-0.2, -0.15) is 5.10 Å². The molecule has 5 amide bonds. The summed E-state index contributed by atoms with van der Waals surface area (Å²) in [4.78, 5) is 81.1. The van der Waals surface area contributed by atoms with Crippen LogP contribution in [0, 0.1) is 5.41 Å². The summed E-state index contributed by atoms with van der Waals surface area (Å²) in [5, 5.41) is 26.0. The molecule has 6 aliphatic heterocycles. The molecule has 21 heteroatoms. The number of carbonyl (C=O) groups excluding carboxylic acids is 5. The molecule has 346 valence electrons. The molecule has 67 heavy (non-hydrogen) atoms. The first-order chi connectivity index (χ1) is 32.4. The van der Waals surface area contributed by atoms with Crippen LogP contribution in [0.2, 0.25) is 0 Å². The fraction of sp³-hybridized carbons (Fsp3) is 0.435. The lowest BCUT2D eigenvalue weighted by Gasteiger charge is -2.61. The number of tetrazole rings is 1. The van der Waals surface area contributed by atoms with Crippen molar-refractivity contribution in [3.8, 4) is 11.3 Å². The third-order valence-corrected chi connectivity index (χ3v) is 14.3.